The van der Waals surface area contributed by atoms with Crippen molar-refractivity contribution in [2.75, 3.05) is 0 Å². The quantitative estimate of drug-likeness (QED) is 0.543. The van der Waals surface area contributed by atoms with Crippen LogP contribution in [0.15, 0.2) is 0 Å². The van der Waals surface area contributed by atoms with Gasteiger partial charge in [-0.1, -0.05) is 64.2 Å². The molecule has 0 saturated heterocycles. The van der Waals surface area contributed by atoms with Crippen LogP contribution in [0.3, 0.4) is 0 Å². The van der Waals surface area contributed by atoms with Gasteiger partial charge in [-0.05, 0) is 31.6 Å². The standard InChI is InChI=1S/C16H29F/c17-16(13-9-5-2-6-10-14-16)15-11-7-3-1-4-8-12-15/h15H,1-14H2. The van der Waals surface area contributed by atoms with Crippen LogP contribution in [-0.4, -0.2) is 5.67 Å². The predicted octanol–water partition coefficient (Wildman–Crippen LogP) is 5.80. The Morgan fingerprint density at radius 3 is 1.53 bits per heavy atom. The van der Waals surface area contributed by atoms with E-state index in [0.29, 0.717) is 5.92 Å². The Morgan fingerprint density at radius 2 is 1.00 bits per heavy atom. The Kier molecular flexibility index (Phi) is 5.31. The van der Waals surface area contributed by atoms with Gasteiger partial charge in [0.2, 0.25) is 0 Å². The first-order valence-electron chi connectivity index (χ1n) is 8.00. The lowest BCUT2D eigenvalue weighted by Crippen LogP contribution is -2.34. The lowest BCUT2D eigenvalue weighted by molar-refractivity contribution is 0.0349. The SMILES string of the molecule is FC1(C2CCCCCCC2)CCCCCCC1. The zero-order chi connectivity index (χ0) is 12.0. The van der Waals surface area contributed by atoms with Gasteiger partial charge in [-0.2, -0.15) is 0 Å². The highest BCUT2D eigenvalue weighted by Crippen LogP contribution is 2.41. The Bertz CT molecular complexity index is 196. The van der Waals surface area contributed by atoms with E-state index in [2.05, 4.69) is 0 Å². The number of halogens is 1. The van der Waals surface area contributed by atoms with Crippen molar-refractivity contribution in [3.63, 3.8) is 0 Å². The van der Waals surface area contributed by atoms with Crippen LogP contribution in [0.25, 0.3) is 0 Å². The fourth-order valence-electron chi connectivity index (χ4n) is 3.87. The van der Waals surface area contributed by atoms with E-state index in [9.17, 15) is 0 Å². The summed E-state index contributed by atoms with van der Waals surface area (Å²) in [7, 11) is 0. The van der Waals surface area contributed by atoms with Crippen molar-refractivity contribution in [2.24, 2.45) is 5.92 Å². The van der Waals surface area contributed by atoms with Crippen molar-refractivity contribution in [1.29, 1.82) is 0 Å². The molecular formula is C16H29F. The van der Waals surface area contributed by atoms with Crippen molar-refractivity contribution < 1.29 is 4.39 Å². The molecule has 0 aromatic carbocycles. The Hall–Kier alpha value is -0.0700. The van der Waals surface area contributed by atoms with Gasteiger partial charge < -0.3 is 0 Å². The third-order valence-electron chi connectivity index (χ3n) is 5.02. The summed E-state index contributed by atoms with van der Waals surface area (Å²) < 4.78 is 15.2. The summed E-state index contributed by atoms with van der Waals surface area (Å²) in [6.07, 6.45) is 16.8. The summed E-state index contributed by atoms with van der Waals surface area (Å²) in [6, 6.07) is 0. The Morgan fingerprint density at radius 1 is 0.588 bits per heavy atom. The number of alkyl halides is 1. The number of hydrogen-bond acceptors (Lipinski definition) is 0. The fraction of sp³-hybridized carbons (Fsp3) is 1.00. The summed E-state index contributed by atoms with van der Waals surface area (Å²) >= 11 is 0. The highest BCUT2D eigenvalue weighted by Gasteiger charge is 2.37. The van der Waals surface area contributed by atoms with Crippen molar-refractivity contribution in [2.45, 2.75) is 95.6 Å². The maximum Gasteiger partial charge on any atom is 0.113 e. The molecule has 2 aliphatic rings. The molecule has 2 saturated carbocycles. The molecule has 0 nitrogen and oxygen atoms in total. The Balaban J connectivity index is 1.94. The van der Waals surface area contributed by atoms with E-state index in [-0.39, 0.29) is 0 Å². The van der Waals surface area contributed by atoms with E-state index in [1.54, 1.807) is 0 Å². The molecule has 2 rings (SSSR count). The van der Waals surface area contributed by atoms with Gasteiger partial charge in [0.25, 0.3) is 0 Å². The summed E-state index contributed by atoms with van der Waals surface area (Å²) in [5.74, 6) is 0.390. The molecule has 0 radical (unpaired) electrons. The van der Waals surface area contributed by atoms with E-state index in [0.717, 1.165) is 38.5 Å². The molecule has 0 bridgehead atoms. The van der Waals surface area contributed by atoms with Gasteiger partial charge in [0.05, 0.1) is 0 Å². The van der Waals surface area contributed by atoms with Gasteiger partial charge in [0.15, 0.2) is 0 Å². The van der Waals surface area contributed by atoms with Gasteiger partial charge in [-0.15, -0.1) is 0 Å². The lowest BCUT2D eigenvalue weighted by Gasteiger charge is -2.36. The van der Waals surface area contributed by atoms with Crippen LogP contribution in [0, 0.1) is 5.92 Å². The van der Waals surface area contributed by atoms with E-state index >= 15 is 4.39 Å². The number of rotatable bonds is 1. The van der Waals surface area contributed by atoms with E-state index in [4.69, 9.17) is 0 Å². The second-order valence-corrected chi connectivity index (χ2v) is 6.34. The average molecular weight is 240 g/mol. The minimum absolute atomic E-state index is 0.390. The van der Waals surface area contributed by atoms with Crippen LogP contribution in [0.1, 0.15) is 89.9 Å². The minimum Gasteiger partial charge on any atom is -0.244 e. The van der Waals surface area contributed by atoms with Gasteiger partial charge >= 0.3 is 0 Å². The van der Waals surface area contributed by atoms with Crippen LogP contribution < -0.4 is 0 Å². The van der Waals surface area contributed by atoms with Crippen molar-refractivity contribution in [3.8, 4) is 0 Å². The van der Waals surface area contributed by atoms with Crippen LogP contribution >= 0.6 is 0 Å². The second-order valence-electron chi connectivity index (χ2n) is 6.34. The average Bonchev–Trinajstić information content (AvgIpc) is 2.23. The van der Waals surface area contributed by atoms with Gasteiger partial charge in [-0.3, -0.25) is 0 Å². The topological polar surface area (TPSA) is 0 Å². The minimum atomic E-state index is -0.794. The maximum atomic E-state index is 15.2. The molecule has 0 aromatic rings. The van der Waals surface area contributed by atoms with Crippen LogP contribution in [0.4, 0.5) is 4.39 Å². The largest absolute Gasteiger partial charge is 0.244 e. The van der Waals surface area contributed by atoms with E-state index in [1.807, 2.05) is 0 Å². The summed E-state index contributed by atoms with van der Waals surface area (Å²) in [6.45, 7) is 0. The predicted molar refractivity (Wildman–Crippen MR) is 72.0 cm³/mol. The monoisotopic (exact) mass is 240 g/mol. The first-order valence-corrected chi connectivity index (χ1v) is 8.00. The summed E-state index contributed by atoms with van der Waals surface area (Å²) in [5, 5.41) is 0. The van der Waals surface area contributed by atoms with E-state index in [1.165, 1.54) is 51.4 Å². The molecule has 0 spiro atoms. The Labute approximate surface area is 106 Å². The highest BCUT2D eigenvalue weighted by molar-refractivity contribution is 4.88. The molecule has 1 heteroatoms. The van der Waals surface area contributed by atoms with Crippen molar-refractivity contribution in [3.05, 3.63) is 0 Å². The molecule has 2 fully saturated rings. The summed E-state index contributed by atoms with van der Waals surface area (Å²) in [5.41, 5.74) is -0.794. The van der Waals surface area contributed by atoms with Crippen LogP contribution in [-0.2, 0) is 0 Å². The maximum absolute atomic E-state index is 15.2. The first kappa shape index (κ1) is 13.4. The van der Waals surface area contributed by atoms with Crippen LogP contribution in [0.2, 0.25) is 0 Å². The summed E-state index contributed by atoms with van der Waals surface area (Å²) in [4.78, 5) is 0. The highest BCUT2D eigenvalue weighted by atomic mass is 19.1. The molecule has 17 heavy (non-hydrogen) atoms. The smallest absolute Gasteiger partial charge is 0.113 e. The zero-order valence-electron chi connectivity index (χ0n) is 11.4. The van der Waals surface area contributed by atoms with Gasteiger partial charge in [-0.25, -0.2) is 4.39 Å². The van der Waals surface area contributed by atoms with Gasteiger partial charge in [0.1, 0.15) is 5.67 Å². The lowest BCUT2D eigenvalue weighted by atomic mass is 9.74. The second kappa shape index (κ2) is 6.75. The van der Waals surface area contributed by atoms with E-state index < -0.39 is 5.67 Å². The first-order chi connectivity index (χ1) is 8.31. The van der Waals surface area contributed by atoms with Crippen molar-refractivity contribution >= 4 is 0 Å². The zero-order valence-corrected chi connectivity index (χ0v) is 11.4. The molecule has 100 valence electrons. The van der Waals surface area contributed by atoms with Gasteiger partial charge in [0, 0.05) is 0 Å². The molecule has 0 atom stereocenters. The normalized spacial score (nSPS) is 28.8. The van der Waals surface area contributed by atoms with Crippen LogP contribution in [0.5, 0.6) is 0 Å². The molecule has 2 aliphatic carbocycles. The molecule has 0 aliphatic heterocycles. The molecule has 0 heterocycles. The fourth-order valence-corrected chi connectivity index (χ4v) is 3.87. The molecule has 0 N–H and O–H groups in total. The molecule has 0 unspecified atom stereocenters. The van der Waals surface area contributed by atoms with Crippen molar-refractivity contribution in [1.82, 2.24) is 0 Å². The third-order valence-corrected chi connectivity index (χ3v) is 5.02. The molecule has 0 aromatic heterocycles. The number of hydrogen-bond donors (Lipinski definition) is 0. The third kappa shape index (κ3) is 3.96. The molecule has 0 amide bonds. The molecular weight excluding hydrogens is 211 g/mol.